The molecule has 5 nitrogen and oxygen atoms in total. The Morgan fingerprint density at radius 1 is 1.32 bits per heavy atom. The summed E-state index contributed by atoms with van der Waals surface area (Å²) in [5, 5.41) is 0.324. The first kappa shape index (κ1) is 12.0. The van der Waals surface area contributed by atoms with Crippen LogP contribution in [0.1, 0.15) is 10.4 Å². The molecule has 19 heavy (non-hydrogen) atoms. The Morgan fingerprint density at radius 2 is 2.11 bits per heavy atom. The Hall–Kier alpha value is -2.08. The third-order valence-corrected chi connectivity index (χ3v) is 3.78. The second-order valence-electron chi connectivity index (χ2n) is 4.10. The number of benzene rings is 1. The number of furan rings is 1. The third-order valence-electron chi connectivity index (χ3n) is 2.92. The SMILES string of the molecule is O=C(CN1C(=O)CSC1=O)c1coc2ccccc12. The molecule has 96 valence electrons. The molecule has 0 unspecified atom stereocenters. The van der Waals surface area contributed by atoms with E-state index in [0.29, 0.717) is 16.5 Å². The van der Waals surface area contributed by atoms with Crippen LogP contribution in [0.3, 0.4) is 0 Å². The second-order valence-corrected chi connectivity index (χ2v) is 5.03. The lowest BCUT2D eigenvalue weighted by Gasteiger charge is -2.10. The standard InChI is InChI=1S/C13H9NO4S/c15-10(5-14-12(16)7-19-13(14)17)9-6-18-11-4-2-1-3-8(9)11/h1-4,6H,5,7H2. The number of amides is 2. The average Bonchev–Trinajstić information content (AvgIpc) is 2.97. The Morgan fingerprint density at radius 3 is 2.84 bits per heavy atom. The Bertz CT molecular complexity index is 675. The number of carbonyl (C=O) groups excluding carboxylic acids is 3. The van der Waals surface area contributed by atoms with Crippen LogP contribution in [0.15, 0.2) is 34.9 Å². The number of rotatable bonds is 3. The minimum absolute atomic E-state index is 0.109. The number of carbonyl (C=O) groups is 3. The maximum Gasteiger partial charge on any atom is 0.289 e. The largest absolute Gasteiger partial charge is 0.464 e. The fraction of sp³-hybridized carbons (Fsp3) is 0.154. The molecular formula is C13H9NO4S. The molecule has 0 atom stereocenters. The van der Waals surface area contributed by atoms with E-state index in [1.54, 1.807) is 18.2 Å². The number of Topliss-reactive ketones (excluding diaryl/α,β-unsaturated/α-hetero) is 1. The van der Waals surface area contributed by atoms with Gasteiger partial charge in [0.2, 0.25) is 5.91 Å². The predicted molar refractivity (Wildman–Crippen MR) is 70.1 cm³/mol. The van der Waals surface area contributed by atoms with E-state index in [4.69, 9.17) is 4.42 Å². The van der Waals surface area contributed by atoms with Gasteiger partial charge in [-0.05, 0) is 6.07 Å². The van der Waals surface area contributed by atoms with Crippen molar-refractivity contribution in [2.75, 3.05) is 12.3 Å². The summed E-state index contributed by atoms with van der Waals surface area (Å²) in [6, 6.07) is 7.14. The first-order chi connectivity index (χ1) is 9.16. The van der Waals surface area contributed by atoms with Crippen molar-refractivity contribution < 1.29 is 18.8 Å². The van der Waals surface area contributed by atoms with Crippen molar-refractivity contribution in [3.8, 4) is 0 Å². The Balaban J connectivity index is 1.88. The molecule has 2 amide bonds. The van der Waals surface area contributed by atoms with Gasteiger partial charge in [-0.2, -0.15) is 0 Å². The molecule has 1 aliphatic rings. The normalized spacial score (nSPS) is 15.5. The van der Waals surface area contributed by atoms with E-state index in [1.807, 2.05) is 6.07 Å². The van der Waals surface area contributed by atoms with Crippen LogP contribution < -0.4 is 0 Å². The number of ketones is 1. The highest BCUT2D eigenvalue weighted by Gasteiger charge is 2.32. The molecular weight excluding hydrogens is 266 g/mol. The molecule has 0 radical (unpaired) electrons. The van der Waals surface area contributed by atoms with Crippen molar-refractivity contribution in [3.63, 3.8) is 0 Å². The summed E-state index contributed by atoms with van der Waals surface area (Å²) in [5.74, 6) is -0.511. The third kappa shape index (κ3) is 2.04. The van der Waals surface area contributed by atoms with E-state index in [1.165, 1.54) is 6.26 Å². The zero-order chi connectivity index (χ0) is 13.4. The molecule has 2 aromatic rings. The zero-order valence-corrected chi connectivity index (χ0v) is 10.6. The molecule has 0 aliphatic carbocycles. The van der Waals surface area contributed by atoms with Gasteiger partial charge in [-0.15, -0.1) is 0 Å². The van der Waals surface area contributed by atoms with Crippen LogP contribution in [0.4, 0.5) is 4.79 Å². The number of imide groups is 1. The van der Waals surface area contributed by atoms with Crippen molar-refractivity contribution >= 4 is 39.7 Å². The Labute approximate surface area is 112 Å². The van der Waals surface area contributed by atoms with Gasteiger partial charge in [0, 0.05) is 5.39 Å². The molecule has 0 N–H and O–H groups in total. The van der Waals surface area contributed by atoms with Gasteiger partial charge < -0.3 is 4.42 Å². The quantitative estimate of drug-likeness (QED) is 0.804. The number of hydrogen-bond donors (Lipinski definition) is 0. The van der Waals surface area contributed by atoms with Crippen LogP contribution in [0.25, 0.3) is 11.0 Å². The van der Waals surface area contributed by atoms with Gasteiger partial charge in [-0.3, -0.25) is 19.3 Å². The summed E-state index contributed by atoms with van der Waals surface area (Å²) >= 11 is 0.918. The molecule has 0 spiro atoms. The molecule has 1 fully saturated rings. The molecule has 3 rings (SSSR count). The second kappa shape index (κ2) is 4.55. The highest BCUT2D eigenvalue weighted by molar-refractivity contribution is 8.14. The average molecular weight is 275 g/mol. The molecule has 0 bridgehead atoms. The molecule has 1 saturated heterocycles. The smallest absolute Gasteiger partial charge is 0.289 e. The summed E-state index contributed by atoms with van der Waals surface area (Å²) < 4.78 is 5.27. The van der Waals surface area contributed by atoms with Crippen LogP contribution in [-0.2, 0) is 4.79 Å². The van der Waals surface area contributed by atoms with Crippen molar-refractivity contribution in [1.29, 1.82) is 0 Å². The maximum atomic E-state index is 12.2. The molecule has 1 aromatic heterocycles. The zero-order valence-electron chi connectivity index (χ0n) is 9.79. The Kier molecular flexibility index (Phi) is 2.87. The monoisotopic (exact) mass is 275 g/mol. The lowest BCUT2D eigenvalue weighted by molar-refractivity contribution is -0.124. The van der Waals surface area contributed by atoms with E-state index in [2.05, 4.69) is 0 Å². The van der Waals surface area contributed by atoms with E-state index in [0.717, 1.165) is 16.7 Å². The molecule has 1 aromatic carbocycles. The fourth-order valence-electron chi connectivity index (χ4n) is 1.96. The lowest BCUT2D eigenvalue weighted by atomic mass is 10.1. The van der Waals surface area contributed by atoms with Crippen LogP contribution in [0.5, 0.6) is 0 Å². The molecule has 2 heterocycles. The van der Waals surface area contributed by atoms with Crippen molar-refractivity contribution in [3.05, 3.63) is 36.1 Å². The van der Waals surface area contributed by atoms with Crippen molar-refractivity contribution in [2.24, 2.45) is 0 Å². The van der Waals surface area contributed by atoms with E-state index in [-0.39, 0.29) is 29.2 Å². The summed E-state index contributed by atoms with van der Waals surface area (Å²) in [4.78, 5) is 36.0. The van der Waals surface area contributed by atoms with Gasteiger partial charge in [0.1, 0.15) is 11.8 Å². The first-order valence-corrected chi connectivity index (χ1v) is 6.62. The number of para-hydroxylation sites is 1. The molecule has 6 heteroatoms. The summed E-state index contributed by atoms with van der Waals surface area (Å²) in [7, 11) is 0. The minimum atomic E-state index is -0.369. The van der Waals surface area contributed by atoms with Crippen LogP contribution in [-0.4, -0.2) is 34.1 Å². The number of thioether (sulfide) groups is 1. The van der Waals surface area contributed by atoms with E-state index in [9.17, 15) is 14.4 Å². The molecule has 0 saturated carbocycles. The summed E-state index contributed by atoms with van der Waals surface area (Å²) in [5.41, 5.74) is 1.01. The molecule has 1 aliphatic heterocycles. The summed E-state index contributed by atoms with van der Waals surface area (Å²) in [6.45, 7) is -0.228. The van der Waals surface area contributed by atoms with Gasteiger partial charge in [0.25, 0.3) is 5.24 Å². The highest BCUT2D eigenvalue weighted by Crippen LogP contribution is 2.23. The van der Waals surface area contributed by atoms with Crippen LogP contribution >= 0.6 is 11.8 Å². The van der Waals surface area contributed by atoms with Crippen molar-refractivity contribution in [1.82, 2.24) is 4.90 Å². The van der Waals surface area contributed by atoms with E-state index < -0.39 is 0 Å². The first-order valence-electron chi connectivity index (χ1n) is 5.63. The summed E-state index contributed by atoms with van der Waals surface area (Å²) in [6.07, 6.45) is 1.37. The topological polar surface area (TPSA) is 67.6 Å². The van der Waals surface area contributed by atoms with Gasteiger partial charge in [-0.25, -0.2) is 0 Å². The lowest BCUT2D eigenvalue weighted by Crippen LogP contribution is -2.33. The van der Waals surface area contributed by atoms with Crippen LogP contribution in [0, 0.1) is 0 Å². The van der Waals surface area contributed by atoms with Crippen molar-refractivity contribution in [2.45, 2.75) is 0 Å². The van der Waals surface area contributed by atoms with Gasteiger partial charge in [0.05, 0.1) is 17.9 Å². The highest BCUT2D eigenvalue weighted by atomic mass is 32.2. The number of nitrogens with zero attached hydrogens (tertiary/aromatic N) is 1. The maximum absolute atomic E-state index is 12.2. The number of fused-ring (bicyclic) bond motifs is 1. The van der Waals surface area contributed by atoms with E-state index >= 15 is 0 Å². The fourth-order valence-corrected chi connectivity index (χ4v) is 2.68. The van der Waals surface area contributed by atoms with Crippen LogP contribution in [0.2, 0.25) is 0 Å². The van der Waals surface area contributed by atoms with Gasteiger partial charge in [-0.1, -0.05) is 30.0 Å². The predicted octanol–water partition coefficient (Wildman–Crippen LogP) is 2.31. The van der Waals surface area contributed by atoms with Gasteiger partial charge >= 0.3 is 0 Å². The van der Waals surface area contributed by atoms with Gasteiger partial charge in [0.15, 0.2) is 5.78 Å². The number of hydrogen-bond acceptors (Lipinski definition) is 5. The minimum Gasteiger partial charge on any atom is -0.464 e.